The number of ketones is 1. The third-order valence-electron chi connectivity index (χ3n) is 5.59. The van der Waals surface area contributed by atoms with Crippen molar-refractivity contribution in [2.75, 3.05) is 6.61 Å². The van der Waals surface area contributed by atoms with Gasteiger partial charge >= 0.3 is 0 Å². The minimum atomic E-state index is 0.118. The zero-order valence-electron chi connectivity index (χ0n) is 12.5. The Kier molecular flexibility index (Phi) is 3.68. The summed E-state index contributed by atoms with van der Waals surface area (Å²) in [6, 6.07) is 10.2. The van der Waals surface area contributed by atoms with E-state index in [0.29, 0.717) is 36.2 Å². The molecule has 2 fully saturated rings. The minimum Gasteiger partial charge on any atom is -0.376 e. The number of Topliss-reactive ketones (excluding diaryl/α,β-unsaturated/α-hetero) is 1. The molecular formula is C18H24O2. The zero-order valence-corrected chi connectivity index (χ0v) is 12.5. The first kappa shape index (κ1) is 13.8. The number of rotatable bonds is 4. The van der Waals surface area contributed by atoms with Crippen LogP contribution in [0, 0.1) is 23.2 Å². The minimum absolute atomic E-state index is 0.118. The van der Waals surface area contributed by atoms with Crippen LogP contribution in [0.25, 0.3) is 0 Å². The Hall–Kier alpha value is -1.15. The Morgan fingerprint density at radius 3 is 2.70 bits per heavy atom. The molecule has 108 valence electrons. The van der Waals surface area contributed by atoms with Crippen LogP contribution in [0.1, 0.15) is 38.7 Å². The number of fused-ring (bicyclic) bond motifs is 2. The zero-order chi connectivity index (χ0) is 14.2. The van der Waals surface area contributed by atoms with Crippen LogP contribution in [-0.2, 0) is 16.1 Å². The summed E-state index contributed by atoms with van der Waals surface area (Å²) in [6.45, 7) is 5.88. The Bertz CT molecular complexity index is 477. The normalized spacial score (nSPS) is 31.5. The summed E-state index contributed by atoms with van der Waals surface area (Å²) in [6.07, 6.45) is 3.18. The Balaban J connectivity index is 1.61. The van der Waals surface area contributed by atoms with Gasteiger partial charge < -0.3 is 4.74 Å². The van der Waals surface area contributed by atoms with Crippen LogP contribution >= 0.6 is 0 Å². The highest BCUT2D eigenvalue weighted by atomic mass is 16.5. The first-order valence-corrected chi connectivity index (χ1v) is 7.73. The van der Waals surface area contributed by atoms with Gasteiger partial charge in [-0.25, -0.2) is 0 Å². The number of benzene rings is 1. The lowest BCUT2D eigenvalue weighted by Gasteiger charge is -2.41. The lowest BCUT2D eigenvalue weighted by molar-refractivity contribution is -0.135. The summed E-state index contributed by atoms with van der Waals surface area (Å²) >= 11 is 0. The van der Waals surface area contributed by atoms with Gasteiger partial charge in [0.15, 0.2) is 0 Å². The second-order valence-electron chi connectivity index (χ2n) is 6.98. The van der Waals surface area contributed by atoms with Crippen molar-refractivity contribution in [1.29, 1.82) is 0 Å². The van der Waals surface area contributed by atoms with Gasteiger partial charge in [-0.3, -0.25) is 4.79 Å². The van der Waals surface area contributed by atoms with E-state index in [1.165, 1.54) is 18.4 Å². The van der Waals surface area contributed by atoms with E-state index in [9.17, 15) is 4.79 Å². The molecule has 2 heteroatoms. The fourth-order valence-electron chi connectivity index (χ4n) is 4.22. The van der Waals surface area contributed by atoms with E-state index in [2.05, 4.69) is 26.0 Å². The predicted octanol–water partition coefficient (Wildman–Crippen LogP) is 3.84. The molecule has 0 N–H and O–H groups in total. The van der Waals surface area contributed by atoms with E-state index in [0.717, 1.165) is 6.42 Å². The number of carbonyl (C=O) groups is 1. The Labute approximate surface area is 121 Å². The highest BCUT2D eigenvalue weighted by Gasteiger charge is 2.52. The summed E-state index contributed by atoms with van der Waals surface area (Å²) in [4.78, 5) is 12.3. The molecule has 1 aromatic carbocycles. The fraction of sp³-hybridized carbons (Fsp3) is 0.611. The molecular weight excluding hydrogens is 248 g/mol. The molecule has 2 saturated carbocycles. The monoisotopic (exact) mass is 272 g/mol. The van der Waals surface area contributed by atoms with E-state index in [1.54, 1.807) is 0 Å². The molecule has 0 saturated heterocycles. The summed E-state index contributed by atoms with van der Waals surface area (Å²) in [7, 11) is 0. The second kappa shape index (κ2) is 5.33. The summed E-state index contributed by atoms with van der Waals surface area (Å²) in [5, 5.41) is 0. The molecule has 0 radical (unpaired) electrons. The summed E-state index contributed by atoms with van der Waals surface area (Å²) < 4.78 is 5.85. The summed E-state index contributed by atoms with van der Waals surface area (Å²) in [5.41, 5.74) is 1.49. The van der Waals surface area contributed by atoms with Crippen LogP contribution in [0.4, 0.5) is 0 Å². The van der Waals surface area contributed by atoms with Crippen molar-refractivity contribution in [1.82, 2.24) is 0 Å². The van der Waals surface area contributed by atoms with Crippen LogP contribution < -0.4 is 0 Å². The van der Waals surface area contributed by atoms with Gasteiger partial charge in [0.05, 0.1) is 13.2 Å². The maximum absolute atomic E-state index is 12.3. The van der Waals surface area contributed by atoms with Gasteiger partial charge in [0.1, 0.15) is 5.78 Å². The molecule has 3 rings (SSSR count). The Morgan fingerprint density at radius 2 is 1.95 bits per heavy atom. The third-order valence-corrected chi connectivity index (χ3v) is 5.59. The van der Waals surface area contributed by atoms with Crippen molar-refractivity contribution < 1.29 is 9.53 Å². The molecule has 20 heavy (non-hydrogen) atoms. The quantitative estimate of drug-likeness (QED) is 0.832. The van der Waals surface area contributed by atoms with E-state index >= 15 is 0 Å². The average Bonchev–Trinajstić information content (AvgIpc) is 2.60. The van der Waals surface area contributed by atoms with E-state index in [-0.39, 0.29) is 5.92 Å². The van der Waals surface area contributed by atoms with E-state index in [1.807, 2.05) is 18.2 Å². The Morgan fingerprint density at radius 1 is 1.20 bits per heavy atom. The molecule has 0 spiro atoms. The van der Waals surface area contributed by atoms with Crippen molar-refractivity contribution >= 4 is 5.78 Å². The van der Waals surface area contributed by atoms with Crippen molar-refractivity contribution in [3.05, 3.63) is 35.9 Å². The summed E-state index contributed by atoms with van der Waals surface area (Å²) in [5.74, 6) is 1.67. The molecule has 2 nitrogen and oxygen atoms in total. The molecule has 2 aliphatic rings. The third kappa shape index (κ3) is 2.42. The molecule has 0 heterocycles. The molecule has 1 aromatic rings. The topological polar surface area (TPSA) is 26.3 Å². The van der Waals surface area contributed by atoms with Crippen molar-refractivity contribution in [2.45, 2.75) is 39.7 Å². The maximum atomic E-state index is 12.3. The van der Waals surface area contributed by atoms with Crippen LogP contribution in [-0.4, -0.2) is 12.4 Å². The van der Waals surface area contributed by atoms with Gasteiger partial charge in [-0.1, -0.05) is 44.2 Å². The maximum Gasteiger partial charge on any atom is 0.138 e. The number of hydrogen-bond acceptors (Lipinski definition) is 2. The second-order valence-corrected chi connectivity index (χ2v) is 6.98. The highest BCUT2D eigenvalue weighted by Crippen LogP contribution is 2.56. The molecule has 2 bridgehead atoms. The molecule has 0 aromatic heterocycles. The first-order valence-electron chi connectivity index (χ1n) is 7.73. The SMILES string of the molecule is CC1(C)C2CCC1C(COCc1ccccc1)C(=O)C2. The molecule has 3 unspecified atom stereocenters. The predicted molar refractivity (Wildman–Crippen MR) is 79.2 cm³/mol. The number of hydrogen-bond donors (Lipinski definition) is 0. The van der Waals surface area contributed by atoms with Gasteiger partial charge in [-0.05, 0) is 35.7 Å². The van der Waals surface area contributed by atoms with Crippen LogP contribution in [0.5, 0.6) is 0 Å². The molecule has 3 atom stereocenters. The van der Waals surface area contributed by atoms with Crippen molar-refractivity contribution in [3.63, 3.8) is 0 Å². The standard InChI is InChI=1S/C18H24O2/c1-18(2)14-8-9-16(18)15(17(19)10-14)12-20-11-13-6-4-3-5-7-13/h3-7,14-16H,8-12H2,1-2H3. The van der Waals surface area contributed by atoms with Gasteiger partial charge in [0.25, 0.3) is 0 Å². The van der Waals surface area contributed by atoms with Crippen LogP contribution in [0.2, 0.25) is 0 Å². The van der Waals surface area contributed by atoms with Crippen LogP contribution in [0.15, 0.2) is 30.3 Å². The molecule has 0 amide bonds. The number of carbonyl (C=O) groups excluding carboxylic acids is 1. The smallest absolute Gasteiger partial charge is 0.138 e. The number of ether oxygens (including phenoxy) is 1. The van der Waals surface area contributed by atoms with Gasteiger partial charge in [-0.2, -0.15) is 0 Å². The lowest BCUT2D eigenvalue weighted by Crippen LogP contribution is -2.42. The van der Waals surface area contributed by atoms with E-state index < -0.39 is 0 Å². The molecule has 2 aliphatic carbocycles. The molecule has 0 aliphatic heterocycles. The largest absolute Gasteiger partial charge is 0.376 e. The van der Waals surface area contributed by atoms with Gasteiger partial charge in [0, 0.05) is 12.3 Å². The van der Waals surface area contributed by atoms with Gasteiger partial charge in [-0.15, -0.1) is 0 Å². The lowest BCUT2D eigenvalue weighted by atomic mass is 9.63. The average molecular weight is 272 g/mol. The van der Waals surface area contributed by atoms with Gasteiger partial charge in [0.2, 0.25) is 0 Å². The van der Waals surface area contributed by atoms with Crippen molar-refractivity contribution in [2.24, 2.45) is 23.2 Å². The van der Waals surface area contributed by atoms with E-state index in [4.69, 9.17) is 4.74 Å². The first-order chi connectivity index (χ1) is 9.59. The van der Waals surface area contributed by atoms with Crippen LogP contribution in [0.3, 0.4) is 0 Å². The highest BCUT2D eigenvalue weighted by molar-refractivity contribution is 5.83. The van der Waals surface area contributed by atoms with Crippen molar-refractivity contribution in [3.8, 4) is 0 Å². The fourth-order valence-corrected chi connectivity index (χ4v) is 4.22.